The molecule has 0 amide bonds. The summed E-state index contributed by atoms with van der Waals surface area (Å²) in [6, 6.07) is 0. The number of hydrogen-bond acceptors (Lipinski definition) is 7. The average Bonchev–Trinajstić information content (AvgIpc) is 2.97. The molecule has 0 aromatic heterocycles. The van der Waals surface area contributed by atoms with Crippen molar-refractivity contribution in [2.24, 2.45) is 0 Å². The molecule has 0 aromatic rings. The van der Waals surface area contributed by atoms with Gasteiger partial charge in [0.15, 0.2) is 6.10 Å². The molecule has 0 radical (unpaired) electrons. The topological polar surface area (TPSA) is 108 Å². The Kier molecular flexibility index (Phi) is 29.9. The number of hydrogen-bond donors (Lipinski definition) is 1. The molecule has 0 heterocycles. The number of carbonyl (C=O) groups is 2. The van der Waals surface area contributed by atoms with Crippen LogP contribution in [0.3, 0.4) is 0 Å². The lowest BCUT2D eigenvalue weighted by Crippen LogP contribution is -2.29. The standard InChI is InChI=1S/C34H65O8P/c1-4-7-9-11-13-15-17-18-19-21-22-24-26-28-33(35)39-30-32(31-41-43(37,38)40-6-3)42-34(36)29-27-25-23-20-16-14-12-10-8-5-2/h10,12,32H,4-9,11,13-31H2,1-3H3,(H,37,38)/b12-10-. The number of carbonyl (C=O) groups excluding carboxylic acids is 2. The summed E-state index contributed by atoms with van der Waals surface area (Å²) in [5.74, 6) is -0.807. The fraction of sp³-hybridized carbons (Fsp3) is 0.882. The fourth-order valence-corrected chi connectivity index (χ4v) is 5.50. The number of rotatable bonds is 32. The minimum atomic E-state index is -4.26. The number of phosphoric ester groups is 1. The second kappa shape index (κ2) is 30.8. The Morgan fingerprint density at radius 3 is 1.63 bits per heavy atom. The molecule has 0 saturated carbocycles. The van der Waals surface area contributed by atoms with Gasteiger partial charge in [0.1, 0.15) is 6.61 Å². The summed E-state index contributed by atoms with van der Waals surface area (Å²) < 4.78 is 32.4. The van der Waals surface area contributed by atoms with Crippen LogP contribution in [0.2, 0.25) is 0 Å². The van der Waals surface area contributed by atoms with E-state index in [-0.39, 0.29) is 25.6 Å². The molecule has 2 unspecified atom stereocenters. The summed E-state index contributed by atoms with van der Waals surface area (Å²) in [5, 5.41) is 0. The highest BCUT2D eigenvalue weighted by molar-refractivity contribution is 7.47. The molecule has 0 aliphatic heterocycles. The summed E-state index contributed by atoms with van der Waals surface area (Å²) >= 11 is 0. The molecule has 9 heteroatoms. The van der Waals surface area contributed by atoms with Gasteiger partial charge >= 0.3 is 19.8 Å². The molecular weight excluding hydrogens is 567 g/mol. The van der Waals surface area contributed by atoms with Crippen molar-refractivity contribution in [2.45, 2.75) is 175 Å². The molecule has 8 nitrogen and oxygen atoms in total. The second-order valence-electron chi connectivity index (χ2n) is 11.5. The van der Waals surface area contributed by atoms with Gasteiger partial charge in [-0.15, -0.1) is 0 Å². The summed E-state index contributed by atoms with van der Waals surface area (Å²) in [6.07, 6.45) is 28.4. The number of esters is 2. The quantitative estimate of drug-likeness (QED) is 0.0338. The molecule has 0 bridgehead atoms. The van der Waals surface area contributed by atoms with Crippen LogP contribution in [-0.2, 0) is 32.7 Å². The van der Waals surface area contributed by atoms with Crippen molar-refractivity contribution in [3.05, 3.63) is 12.2 Å². The monoisotopic (exact) mass is 632 g/mol. The van der Waals surface area contributed by atoms with Crippen LogP contribution in [0.4, 0.5) is 0 Å². The van der Waals surface area contributed by atoms with Crippen molar-refractivity contribution < 1.29 is 37.6 Å². The van der Waals surface area contributed by atoms with Gasteiger partial charge in [-0.1, -0.05) is 129 Å². The zero-order chi connectivity index (χ0) is 31.9. The third kappa shape index (κ3) is 30.6. The van der Waals surface area contributed by atoms with Crippen molar-refractivity contribution in [3.63, 3.8) is 0 Å². The van der Waals surface area contributed by atoms with Crippen LogP contribution in [0.25, 0.3) is 0 Å². The maximum absolute atomic E-state index is 12.4. The van der Waals surface area contributed by atoms with E-state index in [0.29, 0.717) is 12.8 Å². The third-order valence-electron chi connectivity index (χ3n) is 7.30. The van der Waals surface area contributed by atoms with Gasteiger partial charge in [-0.25, -0.2) is 4.57 Å². The SMILES string of the molecule is CCC/C=C\CCCCCCCC(=O)OC(COC(=O)CCCCCCCCCCCCCCC)COP(=O)(O)OCC. The molecule has 0 fully saturated rings. The van der Waals surface area contributed by atoms with Gasteiger partial charge in [0.05, 0.1) is 13.2 Å². The van der Waals surface area contributed by atoms with Crippen LogP contribution >= 0.6 is 7.82 Å². The van der Waals surface area contributed by atoms with Crippen LogP contribution < -0.4 is 0 Å². The predicted molar refractivity (Wildman–Crippen MR) is 175 cm³/mol. The first-order chi connectivity index (χ1) is 20.8. The lowest BCUT2D eigenvalue weighted by Gasteiger charge is -2.19. The lowest BCUT2D eigenvalue weighted by molar-refractivity contribution is -0.161. The normalized spacial score (nSPS) is 13.7. The Morgan fingerprint density at radius 1 is 0.605 bits per heavy atom. The van der Waals surface area contributed by atoms with E-state index in [1.807, 2.05) is 0 Å². The zero-order valence-corrected chi connectivity index (χ0v) is 28.8. The van der Waals surface area contributed by atoms with E-state index in [9.17, 15) is 19.0 Å². The van der Waals surface area contributed by atoms with Crippen molar-refractivity contribution in [1.82, 2.24) is 0 Å². The van der Waals surface area contributed by atoms with Crippen molar-refractivity contribution in [1.29, 1.82) is 0 Å². The molecular formula is C34H65O8P. The van der Waals surface area contributed by atoms with Gasteiger partial charge in [0, 0.05) is 12.8 Å². The minimum Gasteiger partial charge on any atom is -0.462 e. The number of ether oxygens (including phenoxy) is 2. The molecule has 2 atom stereocenters. The average molecular weight is 633 g/mol. The highest BCUT2D eigenvalue weighted by Crippen LogP contribution is 2.43. The second-order valence-corrected chi connectivity index (χ2v) is 13.0. The Morgan fingerprint density at radius 2 is 1.09 bits per heavy atom. The predicted octanol–water partition coefficient (Wildman–Crippen LogP) is 10.2. The molecule has 0 aromatic carbocycles. The fourth-order valence-electron chi connectivity index (χ4n) is 4.75. The molecule has 0 rings (SSSR count). The van der Waals surface area contributed by atoms with Crippen molar-refractivity contribution in [2.75, 3.05) is 19.8 Å². The van der Waals surface area contributed by atoms with E-state index in [4.69, 9.17) is 18.5 Å². The lowest BCUT2D eigenvalue weighted by atomic mass is 10.0. The van der Waals surface area contributed by atoms with E-state index in [0.717, 1.165) is 57.8 Å². The van der Waals surface area contributed by atoms with E-state index in [1.54, 1.807) is 6.92 Å². The largest absolute Gasteiger partial charge is 0.472 e. The van der Waals surface area contributed by atoms with E-state index in [2.05, 4.69) is 26.0 Å². The highest BCUT2D eigenvalue weighted by Gasteiger charge is 2.25. The molecule has 0 saturated heterocycles. The summed E-state index contributed by atoms with van der Waals surface area (Å²) in [7, 11) is -4.26. The van der Waals surface area contributed by atoms with Crippen molar-refractivity contribution >= 4 is 19.8 Å². The minimum absolute atomic E-state index is 0.00136. The van der Waals surface area contributed by atoms with Gasteiger partial charge in [-0.05, 0) is 39.0 Å². The van der Waals surface area contributed by atoms with E-state index >= 15 is 0 Å². The maximum Gasteiger partial charge on any atom is 0.472 e. The maximum atomic E-state index is 12.4. The van der Waals surface area contributed by atoms with Crippen LogP contribution in [0, 0.1) is 0 Å². The number of phosphoric acid groups is 1. The first-order valence-electron chi connectivity index (χ1n) is 17.5. The summed E-state index contributed by atoms with van der Waals surface area (Å²) in [4.78, 5) is 34.4. The smallest absolute Gasteiger partial charge is 0.462 e. The Labute approximate surface area is 263 Å². The van der Waals surface area contributed by atoms with Gasteiger partial charge in [0.2, 0.25) is 0 Å². The summed E-state index contributed by atoms with van der Waals surface area (Å²) in [6.45, 7) is 5.38. The zero-order valence-electron chi connectivity index (χ0n) is 27.9. The van der Waals surface area contributed by atoms with Gasteiger partial charge in [-0.2, -0.15) is 0 Å². The molecule has 0 aliphatic carbocycles. The first-order valence-corrected chi connectivity index (χ1v) is 19.0. The third-order valence-corrected chi connectivity index (χ3v) is 8.36. The number of allylic oxidation sites excluding steroid dienone is 2. The van der Waals surface area contributed by atoms with E-state index in [1.165, 1.54) is 70.6 Å². The Hall–Kier alpha value is -1.21. The molecule has 0 spiro atoms. The van der Waals surface area contributed by atoms with Gasteiger partial charge in [0.25, 0.3) is 0 Å². The van der Waals surface area contributed by atoms with Crippen LogP contribution in [0.15, 0.2) is 12.2 Å². The molecule has 1 N–H and O–H groups in total. The van der Waals surface area contributed by atoms with Crippen LogP contribution in [0.5, 0.6) is 0 Å². The van der Waals surface area contributed by atoms with Gasteiger partial charge < -0.3 is 14.4 Å². The summed E-state index contributed by atoms with van der Waals surface area (Å²) in [5.41, 5.74) is 0. The van der Waals surface area contributed by atoms with Crippen LogP contribution in [0.1, 0.15) is 168 Å². The van der Waals surface area contributed by atoms with E-state index < -0.39 is 26.5 Å². The Bertz CT molecular complexity index is 727. The Balaban J connectivity index is 4.17. The van der Waals surface area contributed by atoms with Crippen LogP contribution in [-0.4, -0.2) is 42.8 Å². The molecule has 254 valence electrons. The molecule has 43 heavy (non-hydrogen) atoms. The highest BCUT2D eigenvalue weighted by atomic mass is 31.2. The van der Waals surface area contributed by atoms with Crippen molar-refractivity contribution in [3.8, 4) is 0 Å². The molecule has 0 aliphatic rings. The first kappa shape index (κ1) is 41.8. The number of unbranched alkanes of at least 4 members (excludes halogenated alkanes) is 18. The van der Waals surface area contributed by atoms with Gasteiger partial charge in [-0.3, -0.25) is 18.6 Å².